The summed E-state index contributed by atoms with van der Waals surface area (Å²) in [5.74, 6) is 0.134. The van der Waals surface area contributed by atoms with E-state index in [-0.39, 0.29) is 11.5 Å². The van der Waals surface area contributed by atoms with Crippen molar-refractivity contribution >= 4 is 34.1 Å². The Balaban J connectivity index is 1.21. The van der Waals surface area contributed by atoms with Crippen LogP contribution in [0.1, 0.15) is 41.4 Å². The van der Waals surface area contributed by atoms with Crippen LogP contribution in [-0.2, 0) is 0 Å². The minimum absolute atomic E-state index is 0.125. The van der Waals surface area contributed by atoms with Crippen molar-refractivity contribution in [3.8, 4) is 0 Å². The van der Waals surface area contributed by atoms with Crippen molar-refractivity contribution in [3.63, 3.8) is 0 Å². The molecule has 2 fully saturated rings. The van der Waals surface area contributed by atoms with Crippen LogP contribution in [0.2, 0.25) is 5.02 Å². The first-order valence-corrected chi connectivity index (χ1v) is 11.7. The molecule has 2 N–H and O–H groups in total. The number of rotatable bonds is 4. The average Bonchev–Trinajstić information content (AvgIpc) is 3.34. The first-order chi connectivity index (χ1) is 16.0. The highest BCUT2D eigenvalue weighted by Gasteiger charge is 2.32. The summed E-state index contributed by atoms with van der Waals surface area (Å²) in [6.07, 6.45) is 6.56. The number of fused-ring (bicyclic) bond motifs is 1. The zero-order chi connectivity index (χ0) is 22.9. The van der Waals surface area contributed by atoms with E-state index in [1.165, 1.54) is 0 Å². The highest BCUT2D eigenvalue weighted by atomic mass is 35.5. The van der Waals surface area contributed by atoms with Crippen LogP contribution in [0, 0.1) is 0 Å². The van der Waals surface area contributed by atoms with Crippen molar-refractivity contribution in [2.24, 2.45) is 0 Å². The van der Waals surface area contributed by atoms with Gasteiger partial charge in [-0.25, -0.2) is 4.98 Å². The number of aromatic nitrogens is 3. The molecule has 0 aliphatic carbocycles. The van der Waals surface area contributed by atoms with E-state index in [1.54, 1.807) is 31.6 Å². The van der Waals surface area contributed by atoms with Crippen molar-refractivity contribution in [2.75, 3.05) is 38.1 Å². The molecule has 1 amide bonds. The largest absolute Gasteiger partial charge is 0.370 e. The van der Waals surface area contributed by atoms with Gasteiger partial charge in [-0.15, -0.1) is 0 Å². The molecule has 1 unspecified atom stereocenters. The van der Waals surface area contributed by atoms with Crippen LogP contribution in [0.15, 0.2) is 41.5 Å². The maximum atomic E-state index is 12.5. The summed E-state index contributed by atoms with van der Waals surface area (Å²) in [7, 11) is 1.61. The van der Waals surface area contributed by atoms with Gasteiger partial charge in [0, 0.05) is 50.5 Å². The van der Waals surface area contributed by atoms with E-state index in [2.05, 4.69) is 30.1 Å². The van der Waals surface area contributed by atoms with Gasteiger partial charge in [0.25, 0.3) is 11.5 Å². The molecule has 172 valence electrons. The number of H-pyrrole nitrogens is 1. The molecule has 2 aliphatic heterocycles. The first kappa shape index (κ1) is 21.9. The van der Waals surface area contributed by atoms with E-state index in [0.29, 0.717) is 33.6 Å². The molecule has 8 nitrogen and oxygen atoms in total. The normalized spacial score (nSPS) is 19.8. The minimum Gasteiger partial charge on any atom is -0.370 e. The van der Waals surface area contributed by atoms with Crippen LogP contribution >= 0.6 is 11.6 Å². The Morgan fingerprint density at radius 1 is 1.12 bits per heavy atom. The number of aromatic amines is 1. The molecule has 1 atom stereocenters. The molecule has 0 saturated carbocycles. The van der Waals surface area contributed by atoms with E-state index >= 15 is 0 Å². The molecule has 2 aliphatic rings. The third-order valence-corrected chi connectivity index (χ3v) is 7.10. The number of likely N-dealkylation sites (tertiary alicyclic amines) is 1. The van der Waals surface area contributed by atoms with Crippen LogP contribution in [0.4, 0.5) is 5.69 Å². The van der Waals surface area contributed by atoms with Crippen molar-refractivity contribution in [3.05, 3.63) is 63.4 Å². The van der Waals surface area contributed by atoms with Crippen molar-refractivity contribution in [2.45, 2.75) is 31.2 Å². The molecule has 5 rings (SSSR count). The van der Waals surface area contributed by atoms with Crippen LogP contribution in [0.3, 0.4) is 0 Å². The van der Waals surface area contributed by atoms with Gasteiger partial charge in [0.15, 0.2) is 0 Å². The number of anilines is 1. The zero-order valence-corrected chi connectivity index (χ0v) is 19.3. The Morgan fingerprint density at radius 3 is 2.67 bits per heavy atom. The van der Waals surface area contributed by atoms with Gasteiger partial charge in [-0.1, -0.05) is 11.6 Å². The third kappa shape index (κ3) is 4.45. The van der Waals surface area contributed by atoms with Gasteiger partial charge in [-0.05, 0) is 50.1 Å². The summed E-state index contributed by atoms with van der Waals surface area (Å²) >= 11 is 5.99. The van der Waals surface area contributed by atoms with Gasteiger partial charge >= 0.3 is 0 Å². The quantitative estimate of drug-likeness (QED) is 0.614. The number of nitrogens with zero attached hydrogens (tertiary/aromatic N) is 4. The molecule has 5 heterocycles. The second-order valence-corrected chi connectivity index (χ2v) is 9.26. The molecule has 0 aromatic carbocycles. The number of carbonyl (C=O) groups is 1. The van der Waals surface area contributed by atoms with Crippen LogP contribution in [-0.4, -0.2) is 65.0 Å². The Bertz CT molecular complexity index is 1220. The van der Waals surface area contributed by atoms with Crippen LogP contribution in [0.25, 0.3) is 10.9 Å². The Morgan fingerprint density at radius 2 is 1.94 bits per heavy atom. The van der Waals surface area contributed by atoms with Gasteiger partial charge in [0.1, 0.15) is 5.69 Å². The number of halogens is 1. The summed E-state index contributed by atoms with van der Waals surface area (Å²) < 4.78 is 0. The number of nitrogens with one attached hydrogen (secondary N) is 2. The molecule has 9 heteroatoms. The number of hydrogen-bond donors (Lipinski definition) is 2. The minimum atomic E-state index is -0.170. The van der Waals surface area contributed by atoms with Crippen molar-refractivity contribution in [1.29, 1.82) is 0 Å². The number of carbonyl (C=O) groups excluding carboxylic acids is 1. The summed E-state index contributed by atoms with van der Waals surface area (Å²) in [6, 6.07) is 7.95. The second-order valence-electron chi connectivity index (χ2n) is 8.82. The second kappa shape index (κ2) is 9.11. The van der Waals surface area contributed by atoms with Crippen molar-refractivity contribution in [1.82, 2.24) is 25.2 Å². The van der Waals surface area contributed by atoms with E-state index < -0.39 is 0 Å². The van der Waals surface area contributed by atoms with Gasteiger partial charge in [0.2, 0.25) is 0 Å². The van der Waals surface area contributed by atoms with Gasteiger partial charge < -0.3 is 15.2 Å². The summed E-state index contributed by atoms with van der Waals surface area (Å²) in [6.45, 7) is 3.91. The molecule has 3 aromatic rings. The lowest BCUT2D eigenvalue weighted by molar-refractivity contribution is 0.0958. The molecule has 33 heavy (non-hydrogen) atoms. The summed E-state index contributed by atoms with van der Waals surface area (Å²) in [5, 5.41) is 3.60. The third-order valence-electron chi connectivity index (χ3n) is 6.89. The first-order valence-electron chi connectivity index (χ1n) is 11.4. The van der Waals surface area contributed by atoms with Gasteiger partial charge in [-0.3, -0.25) is 19.5 Å². The van der Waals surface area contributed by atoms with Gasteiger partial charge in [-0.2, -0.15) is 0 Å². The van der Waals surface area contributed by atoms with E-state index in [4.69, 9.17) is 11.6 Å². The maximum absolute atomic E-state index is 12.5. The molecule has 3 aromatic heterocycles. The van der Waals surface area contributed by atoms with E-state index in [1.807, 2.05) is 12.1 Å². The number of hydrogen-bond acceptors (Lipinski definition) is 6. The number of pyridine rings is 3. The van der Waals surface area contributed by atoms with Gasteiger partial charge in [0.05, 0.1) is 27.8 Å². The van der Waals surface area contributed by atoms with E-state index in [0.717, 1.165) is 56.8 Å². The molecule has 0 radical (unpaired) electrons. The SMILES string of the molecule is CNC(=O)c1ccc(N2CCC(N3CCC(c4cc5ncc(Cl)cc5c(=O)[nH]4)C3)CC2)cn1. The predicted octanol–water partition coefficient (Wildman–Crippen LogP) is 2.79. The predicted molar refractivity (Wildman–Crippen MR) is 129 cm³/mol. The molecule has 0 bridgehead atoms. The summed E-state index contributed by atoms with van der Waals surface area (Å²) in [5.41, 5.74) is 3.02. The lowest BCUT2D eigenvalue weighted by Crippen LogP contribution is -2.44. The molecule has 0 spiro atoms. The lowest BCUT2D eigenvalue weighted by atomic mass is 10.0. The Hall–Kier alpha value is -2.97. The highest BCUT2D eigenvalue weighted by molar-refractivity contribution is 6.31. The lowest BCUT2D eigenvalue weighted by Gasteiger charge is -2.37. The van der Waals surface area contributed by atoms with E-state index in [9.17, 15) is 9.59 Å². The van der Waals surface area contributed by atoms with Crippen LogP contribution in [0.5, 0.6) is 0 Å². The highest BCUT2D eigenvalue weighted by Crippen LogP contribution is 2.31. The fourth-order valence-corrected chi connectivity index (χ4v) is 5.20. The number of amides is 1. The average molecular weight is 467 g/mol. The number of piperidine rings is 1. The van der Waals surface area contributed by atoms with Crippen LogP contribution < -0.4 is 15.8 Å². The molecular weight excluding hydrogens is 440 g/mol. The Labute approximate surface area is 197 Å². The van der Waals surface area contributed by atoms with Crippen molar-refractivity contribution < 1.29 is 4.79 Å². The topological polar surface area (TPSA) is 94.2 Å². The monoisotopic (exact) mass is 466 g/mol. The maximum Gasteiger partial charge on any atom is 0.269 e. The Kier molecular flexibility index (Phi) is 6.03. The zero-order valence-electron chi connectivity index (χ0n) is 18.6. The molecular formula is C24H27ClN6O2. The standard InChI is InChI=1S/C24H27ClN6O2/c1-26-24(33)20-3-2-18(13-28-20)30-8-5-17(6-9-30)31-7-4-15(14-31)21-11-22-19(23(32)29-21)10-16(25)12-27-22/h2-3,10-13,15,17H,4-9,14H2,1H3,(H,26,33)(H,29,32). The smallest absolute Gasteiger partial charge is 0.269 e. The fraction of sp³-hybridized carbons (Fsp3) is 0.417. The molecule has 2 saturated heterocycles. The summed E-state index contributed by atoms with van der Waals surface area (Å²) in [4.78, 5) is 40.8. The fourth-order valence-electron chi connectivity index (χ4n) is 5.05.